The van der Waals surface area contributed by atoms with Gasteiger partial charge in [0.15, 0.2) is 0 Å². The maximum atomic E-state index is 12.3. The molecule has 0 saturated carbocycles. The Bertz CT molecular complexity index is 1820. The quantitative estimate of drug-likeness (QED) is 0.102. The molecule has 0 radical (unpaired) electrons. The van der Waals surface area contributed by atoms with Crippen LogP contribution in [0.1, 0.15) is 54.0 Å². The molecule has 0 aliphatic rings. The van der Waals surface area contributed by atoms with Crippen molar-refractivity contribution in [3.8, 4) is 28.1 Å². The molecule has 0 aliphatic heterocycles. The zero-order valence-electron chi connectivity index (χ0n) is 26.7. The molecule has 5 nitrogen and oxygen atoms in total. The van der Waals surface area contributed by atoms with Crippen molar-refractivity contribution in [3.05, 3.63) is 130 Å². The zero-order valence-corrected chi connectivity index (χ0v) is 28.2. The summed E-state index contributed by atoms with van der Waals surface area (Å²) < 4.78 is 49.2. The van der Waals surface area contributed by atoms with Crippen LogP contribution in [0.15, 0.2) is 97.2 Å². The maximum absolute atomic E-state index is 12.3. The minimum Gasteiger partial charge on any atom is -0.494 e. The number of methoxy groups -OCH3 is 1. The van der Waals surface area contributed by atoms with E-state index in [4.69, 9.17) is 37.7 Å². The van der Waals surface area contributed by atoms with E-state index in [-0.39, 0.29) is 13.0 Å². The van der Waals surface area contributed by atoms with Crippen molar-refractivity contribution >= 4 is 41.3 Å². The highest BCUT2D eigenvalue weighted by Crippen LogP contribution is 2.31. The normalized spacial score (nSPS) is 11.2. The molecule has 5 rings (SSSR count). The van der Waals surface area contributed by atoms with Gasteiger partial charge in [0, 0.05) is 29.7 Å². The first-order valence-electron chi connectivity index (χ1n) is 15.4. The Hall–Kier alpha value is -4.53. The van der Waals surface area contributed by atoms with E-state index in [0.717, 1.165) is 27.8 Å². The van der Waals surface area contributed by atoms with Gasteiger partial charge in [-0.25, -0.2) is 9.78 Å². The second kappa shape index (κ2) is 17.0. The van der Waals surface area contributed by atoms with E-state index >= 15 is 0 Å². The smallest absolute Gasteiger partial charge is 0.389 e. The summed E-state index contributed by atoms with van der Waals surface area (Å²) in [5, 5.41) is 1.03. The van der Waals surface area contributed by atoms with Crippen molar-refractivity contribution in [2.75, 3.05) is 13.7 Å². The SMILES string of the molecule is CC.COC(=O)c1ccc(Cn2cc(-c3ccc(Cl)cc3Cl)nc2/C=C/c2ccc(-c3ccc(OCCCC(F)(F)F)cc3)cc2)cc1. The molecule has 0 aliphatic carbocycles. The lowest BCUT2D eigenvalue weighted by molar-refractivity contribution is -0.136. The summed E-state index contributed by atoms with van der Waals surface area (Å²) in [5.74, 6) is 0.834. The molecule has 10 heteroatoms. The monoisotopic (exact) mass is 694 g/mol. The van der Waals surface area contributed by atoms with Crippen LogP contribution in [0.5, 0.6) is 5.75 Å². The van der Waals surface area contributed by atoms with Gasteiger partial charge in [0.2, 0.25) is 0 Å². The third-order valence-corrected chi connectivity index (χ3v) is 7.69. The Morgan fingerprint density at radius 2 is 1.52 bits per heavy atom. The van der Waals surface area contributed by atoms with E-state index in [1.807, 2.05) is 91.4 Å². The van der Waals surface area contributed by atoms with Crippen LogP contribution < -0.4 is 4.74 Å². The first-order chi connectivity index (χ1) is 23.1. The number of hydrogen-bond acceptors (Lipinski definition) is 4. The number of nitrogens with zero attached hydrogens (tertiary/aromatic N) is 2. The third-order valence-electron chi connectivity index (χ3n) is 7.14. The minimum atomic E-state index is -4.18. The number of rotatable bonds is 11. The molecule has 1 heterocycles. The average Bonchev–Trinajstić information content (AvgIpc) is 3.48. The van der Waals surface area contributed by atoms with E-state index in [9.17, 15) is 18.0 Å². The van der Waals surface area contributed by atoms with Crippen LogP contribution in [0.25, 0.3) is 34.5 Å². The molecule has 0 atom stereocenters. The van der Waals surface area contributed by atoms with Gasteiger partial charge in [-0.05, 0) is 77.2 Å². The lowest BCUT2D eigenvalue weighted by Gasteiger charge is -2.09. The van der Waals surface area contributed by atoms with Crippen molar-refractivity contribution in [3.63, 3.8) is 0 Å². The van der Waals surface area contributed by atoms with Crippen molar-refractivity contribution in [1.82, 2.24) is 9.55 Å². The Morgan fingerprint density at radius 1 is 0.875 bits per heavy atom. The Morgan fingerprint density at radius 3 is 2.12 bits per heavy atom. The van der Waals surface area contributed by atoms with Gasteiger partial charge in [-0.15, -0.1) is 0 Å². The van der Waals surface area contributed by atoms with Gasteiger partial charge in [-0.2, -0.15) is 13.2 Å². The predicted octanol–water partition coefficient (Wildman–Crippen LogP) is 11.3. The number of benzene rings is 4. The first-order valence-corrected chi connectivity index (χ1v) is 16.1. The number of halogens is 5. The second-order valence-electron chi connectivity index (χ2n) is 10.5. The van der Waals surface area contributed by atoms with Gasteiger partial charge in [0.25, 0.3) is 0 Å². The standard InChI is InChI=1S/C36H29Cl2F3N2O3.C2H6/c1-45-35(44)28-10-5-25(6-11-28)22-43-23-33(31-17-14-29(37)21-32(31)38)42-34(43)18-7-24-3-8-26(9-4-24)27-12-15-30(16-13-27)46-20-2-19-36(39,40)41;1-2/h3-18,21,23H,2,19-20,22H2,1H3;1-2H3/b18-7+;. The number of aromatic nitrogens is 2. The second-order valence-corrected chi connectivity index (χ2v) is 11.3. The number of hydrogen-bond donors (Lipinski definition) is 0. The number of imidazole rings is 1. The maximum Gasteiger partial charge on any atom is 0.389 e. The summed E-state index contributed by atoms with van der Waals surface area (Å²) in [6.45, 7) is 4.51. The van der Waals surface area contributed by atoms with Crippen molar-refractivity contribution in [2.24, 2.45) is 0 Å². The van der Waals surface area contributed by atoms with Crippen molar-refractivity contribution in [2.45, 2.75) is 39.4 Å². The molecule has 4 aromatic carbocycles. The summed E-state index contributed by atoms with van der Waals surface area (Å²) >= 11 is 12.6. The number of carbonyl (C=O) groups excluding carboxylic acids is 1. The lowest BCUT2D eigenvalue weighted by atomic mass is 10.0. The van der Waals surface area contributed by atoms with Crippen LogP contribution in [0.4, 0.5) is 13.2 Å². The van der Waals surface area contributed by atoms with Crippen LogP contribution in [0.3, 0.4) is 0 Å². The van der Waals surface area contributed by atoms with Crippen LogP contribution in [0, 0.1) is 0 Å². The summed E-state index contributed by atoms with van der Waals surface area (Å²) in [6.07, 6.45) is 0.698. The number of alkyl halides is 3. The number of carbonyl (C=O) groups is 1. The zero-order chi connectivity index (χ0) is 34.7. The number of ether oxygens (including phenoxy) is 2. The predicted molar refractivity (Wildman–Crippen MR) is 188 cm³/mol. The van der Waals surface area contributed by atoms with E-state index in [0.29, 0.717) is 39.4 Å². The summed E-state index contributed by atoms with van der Waals surface area (Å²) in [5.41, 5.74) is 5.78. The fourth-order valence-electron chi connectivity index (χ4n) is 4.74. The number of esters is 1. The molecule has 0 spiro atoms. The van der Waals surface area contributed by atoms with Gasteiger partial charge in [-0.1, -0.05) is 91.7 Å². The third kappa shape index (κ3) is 10.2. The molecule has 48 heavy (non-hydrogen) atoms. The van der Waals surface area contributed by atoms with Crippen LogP contribution in [-0.4, -0.2) is 35.4 Å². The van der Waals surface area contributed by atoms with Gasteiger partial charge in [-0.3, -0.25) is 0 Å². The molecule has 0 N–H and O–H groups in total. The van der Waals surface area contributed by atoms with E-state index in [1.54, 1.807) is 36.4 Å². The average molecular weight is 696 g/mol. The Balaban J connectivity index is 0.00000255. The van der Waals surface area contributed by atoms with Crippen LogP contribution >= 0.6 is 23.2 Å². The molecule has 1 aromatic heterocycles. The largest absolute Gasteiger partial charge is 0.494 e. The van der Waals surface area contributed by atoms with Crippen molar-refractivity contribution < 1.29 is 27.4 Å². The van der Waals surface area contributed by atoms with Crippen LogP contribution in [0.2, 0.25) is 10.0 Å². The Labute approximate surface area is 288 Å². The van der Waals surface area contributed by atoms with E-state index in [2.05, 4.69) is 0 Å². The highest BCUT2D eigenvalue weighted by Gasteiger charge is 2.26. The highest BCUT2D eigenvalue weighted by molar-refractivity contribution is 6.36. The fourth-order valence-corrected chi connectivity index (χ4v) is 5.25. The van der Waals surface area contributed by atoms with Crippen molar-refractivity contribution in [1.29, 1.82) is 0 Å². The first kappa shape index (κ1) is 36.3. The van der Waals surface area contributed by atoms with Gasteiger partial charge >= 0.3 is 12.1 Å². The fraction of sp³-hybridized carbons (Fsp3) is 0.211. The van der Waals surface area contributed by atoms with E-state index in [1.165, 1.54) is 7.11 Å². The topological polar surface area (TPSA) is 53.4 Å². The lowest BCUT2D eigenvalue weighted by Crippen LogP contribution is -2.09. The van der Waals surface area contributed by atoms with Crippen LogP contribution in [-0.2, 0) is 11.3 Å². The molecule has 5 aromatic rings. The summed E-state index contributed by atoms with van der Waals surface area (Å²) in [7, 11) is 1.35. The molecule has 0 saturated heterocycles. The molecular weight excluding hydrogens is 660 g/mol. The Kier molecular flexibility index (Phi) is 12.9. The summed E-state index contributed by atoms with van der Waals surface area (Å²) in [4.78, 5) is 16.7. The van der Waals surface area contributed by atoms with E-state index < -0.39 is 18.6 Å². The molecule has 250 valence electrons. The molecular formula is C38H35Cl2F3N2O3. The summed E-state index contributed by atoms with van der Waals surface area (Å²) in [6, 6.07) is 27.7. The van der Waals surface area contributed by atoms with Gasteiger partial charge in [0.1, 0.15) is 11.6 Å². The molecule has 0 unspecified atom stereocenters. The highest BCUT2D eigenvalue weighted by atomic mass is 35.5. The molecule has 0 amide bonds. The molecule has 0 fully saturated rings. The van der Waals surface area contributed by atoms with Gasteiger partial charge in [0.05, 0.1) is 30.0 Å². The molecule has 0 bridgehead atoms. The minimum absolute atomic E-state index is 0.00797. The van der Waals surface area contributed by atoms with Gasteiger partial charge < -0.3 is 14.0 Å².